The van der Waals surface area contributed by atoms with Crippen LogP contribution in [0.25, 0.3) is 11.3 Å². The first-order valence-corrected chi connectivity index (χ1v) is 8.32. The van der Waals surface area contributed by atoms with Gasteiger partial charge in [0, 0.05) is 32.8 Å². The number of hydrogen-bond acceptors (Lipinski definition) is 2. The van der Waals surface area contributed by atoms with Crippen LogP contribution in [0.4, 0.5) is 0 Å². The van der Waals surface area contributed by atoms with Crippen molar-refractivity contribution in [1.29, 1.82) is 0 Å². The van der Waals surface area contributed by atoms with Crippen LogP contribution in [-0.4, -0.2) is 17.2 Å². The number of aromatic nitrogens is 1. The quantitative estimate of drug-likeness (QED) is 0.451. The van der Waals surface area contributed by atoms with Gasteiger partial charge in [-0.15, -0.1) is 71.8 Å². The third-order valence-electron chi connectivity index (χ3n) is 3.79. The third-order valence-corrected chi connectivity index (χ3v) is 3.79. The minimum atomic E-state index is 0. The largest absolute Gasteiger partial charge is 0.337 e. The molecule has 0 unspecified atom stereocenters. The Balaban J connectivity index is 0.000000173. The number of pyridine rings is 1. The van der Waals surface area contributed by atoms with E-state index in [2.05, 4.69) is 28.2 Å². The van der Waals surface area contributed by atoms with Gasteiger partial charge >= 0.3 is 0 Å². The van der Waals surface area contributed by atoms with Gasteiger partial charge in [-0.25, -0.2) is 0 Å². The summed E-state index contributed by atoms with van der Waals surface area (Å²) in [7, 11) is 0. The summed E-state index contributed by atoms with van der Waals surface area (Å²) in [6.07, 6.45) is 5.44. The van der Waals surface area contributed by atoms with E-state index in [0.29, 0.717) is 0 Å². The number of benzene rings is 2. The van der Waals surface area contributed by atoms with Crippen LogP contribution in [-0.2, 0) is 20.1 Å². The van der Waals surface area contributed by atoms with Crippen molar-refractivity contribution in [3.8, 4) is 11.3 Å². The van der Waals surface area contributed by atoms with E-state index in [1.807, 2.05) is 60.7 Å². The van der Waals surface area contributed by atoms with E-state index in [0.717, 1.165) is 24.2 Å². The number of nitrogens with zero attached hydrogens (tertiary/aromatic N) is 2. The van der Waals surface area contributed by atoms with E-state index in [4.69, 9.17) is 0 Å². The Morgan fingerprint density at radius 1 is 0.760 bits per heavy atom. The van der Waals surface area contributed by atoms with Crippen molar-refractivity contribution in [2.45, 2.75) is 19.3 Å². The summed E-state index contributed by atoms with van der Waals surface area (Å²) >= 11 is 0. The molecule has 0 bridgehead atoms. The summed E-state index contributed by atoms with van der Waals surface area (Å²) < 4.78 is 0. The van der Waals surface area contributed by atoms with Crippen molar-refractivity contribution in [1.82, 2.24) is 4.98 Å². The third kappa shape index (κ3) is 6.04. The molecule has 0 aliphatic carbocycles. The van der Waals surface area contributed by atoms with Crippen molar-refractivity contribution in [3.05, 3.63) is 90.6 Å². The predicted octanol–water partition coefficient (Wildman–Crippen LogP) is 5.01. The summed E-state index contributed by atoms with van der Waals surface area (Å²) in [4.78, 5) is 8.70. The molecule has 129 valence electrons. The first-order valence-electron chi connectivity index (χ1n) is 8.32. The van der Waals surface area contributed by atoms with Gasteiger partial charge in [-0.3, -0.25) is 0 Å². The Morgan fingerprint density at radius 2 is 1.48 bits per heavy atom. The second-order valence-corrected chi connectivity index (χ2v) is 5.55. The van der Waals surface area contributed by atoms with Crippen molar-refractivity contribution >= 4 is 5.71 Å². The second kappa shape index (κ2) is 10.7. The fraction of sp³-hybridized carbons (Fsp3) is 0.182. The molecule has 2 heterocycles. The SMILES string of the molecule is [Ir].[c-]1ccccc1-c1ccccn1.[c-]1ccccc1C1=NCCCC1. The normalized spacial score (nSPS) is 12.9. The fourth-order valence-corrected chi connectivity index (χ4v) is 2.56. The average molecular weight is 505 g/mol. The molecule has 0 saturated heterocycles. The second-order valence-electron chi connectivity index (χ2n) is 5.55. The standard InChI is InChI=1S/C11H12N.C11H8N.Ir/c2*1-2-6-10(7-3-1)11-8-4-5-9-12-11;/h1-3,6H,4-5,8-9H2;1-6,8-9H;/q2*-1;. The molecule has 3 aromatic rings. The maximum absolute atomic E-state index is 4.49. The Morgan fingerprint density at radius 3 is 2.04 bits per heavy atom. The van der Waals surface area contributed by atoms with Crippen LogP contribution < -0.4 is 0 Å². The molecular formula is C22H20IrN2-2. The van der Waals surface area contributed by atoms with Gasteiger partial charge in [0.1, 0.15) is 0 Å². The van der Waals surface area contributed by atoms with Crippen molar-refractivity contribution in [2.24, 2.45) is 4.99 Å². The van der Waals surface area contributed by atoms with Gasteiger partial charge < -0.3 is 9.98 Å². The molecule has 25 heavy (non-hydrogen) atoms. The topological polar surface area (TPSA) is 25.2 Å². The van der Waals surface area contributed by atoms with Gasteiger partial charge in [0.2, 0.25) is 0 Å². The summed E-state index contributed by atoms with van der Waals surface area (Å²) in [5.74, 6) is 0. The summed E-state index contributed by atoms with van der Waals surface area (Å²) in [6.45, 7) is 0.998. The van der Waals surface area contributed by atoms with Gasteiger partial charge in [-0.1, -0.05) is 18.6 Å². The molecular weight excluding hydrogens is 484 g/mol. The molecule has 0 spiro atoms. The van der Waals surface area contributed by atoms with Gasteiger partial charge in [0.05, 0.1) is 0 Å². The average Bonchev–Trinajstić information content (AvgIpc) is 2.71. The van der Waals surface area contributed by atoms with Crippen LogP contribution in [0.1, 0.15) is 24.8 Å². The van der Waals surface area contributed by atoms with Crippen LogP contribution in [0.3, 0.4) is 0 Å². The molecule has 1 aromatic heterocycles. The number of aliphatic imine (C=N–C) groups is 1. The van der Waals surface area contributed by atoms with Crippen LogP contribution in [0.5, 0.6) is 0 Å². The molecule has 4 rings (SSSR count). The molecule has 2 aromatic carbocycles. The summed E-state index contributed by atoms with van der Waals surface area (Å²) in [5.41, 5.74) is 4.43. The van der Waals surface area contributed by atoms with E-state index in [9.17, 15) is 0 Å². The van der Waals surface area contributed by atoms with Crippen LogP contribution in [0.2, 0.25) is 0 Å². The smallest absolute Gasteiger partial charge is 0.0285 e. The minimum absolute atomic E-state index is 0. The zero-order valence-corrected chi connectivity index (χ0v) is 16.4. The van der Waals surface area contributed by atoms with Crippen LogP contribution >= 0.6 is 0 Å². The first kappa shape index (κ1) is 19.2. The molecule has 0 amide bonds. The zero-order chi connectivity index (χ0) is 16.5. The minimum Gasteiger partial charge on any atom is -0.337 e. The van der Waals surface area contributed by atoms with Crippen molar-refractivity contribution in [3.63, 3.8) is 0 Å². The van der Waals surface area contributed by atoms with E-state index in [-0.39, 0.29) is 20.1 Å². The molecule has 1 aliphatic rings. The monoisotopic (exact) mass is 505 g/mol. The van der Waals surface area contributed by atoms with E-state index in [1.54, 1.807) is 6.20 Å². The summed E-state index contributed by atoms with van der Waals surface area (Å²) in [6, 6.07) is 28.1. The molecule has 1 aliphatic heterocycles. The molecule has 1 radical (unpaired) electrons. The molecule has 2 nitrogen and oxygen atoms in total. The van der Waals surface area contributed by atoms with E-state index in [1.165, 1.54) is 24.1 Å². The van der Waals surface area contributed by atoms with Crippen molar-refractivity contribution in [2.75, 3.05) is 6.54 Å². The Hall–Kier alpha value is -2.09. The maximum atomic E-state index is 4.49. The maximum Gasteiger partial charge on any atom is 0.0285 e. The van der Waals surface area contributed by atoms with Gasteiger partial charge in [0.25, 0.3) is 0 Å². The predicted molar refractivity (Wildman–Crippen MR) is 99.0 cm³/mol. The first-order chi connectivity index (χ1) is 11.9. The summed E-state index contributed by atoms with van der Waals surface area (Å²) in [5, 5.41) is 0. The van der Waals surface area contributed by atoms with Gasteiger partial charge in [-0.05, 0) is 30.3 Å². The zero-order valence-electron chi connectivity index (χ0n) is 14.0. The number of rotatable bonds is 2. The van der Waals surface area contributed by atoms with Crippen LogP contribution in [0.15, 0.2) is 77.9 Å². The number of hydrogen-bond donors (Lipinski definition) is 0. The van der Waals surface area contributed by atoms with Crippen LogP contribution in [0, 0.1) is 12.1 Å². The van der Waals surface area contributed by atoms with Gasteiger partial charge in [-0.2, -0.15) is 0 Å². The molecule has 0 atom stereocenters. The molecule has 0 fully saturated rings. The van der Waals surface area contributed by atoms with Gasteiger partial charge in [0.15, 0.2) is 0 Å². The van der Waals surface area contributed by atoms with E-state index < -0.39 is 0 Å². The fourth-order valence-electron chi connectivity index (χ4n) is 2.56. The Kier molecular flexibility index (Phi) is 8.24. The molecule has 0 saturated carbocycles. The molecule has 3 heteroatoms. The Labute approximate surface area is 163 Å². The Bertz CT molecular complexity index is 718. The molecule has 0 N–H and O–H groups in total. The van der Waals surface area contributed by atoms with Crippen molar-refractivity contribution < 1.29 is 20.1 Å². The van der Waals surface area contributed by atoms with E-state index >= 15 is 0 Å².